The molecule has 0 radical (unpaired) electrons. The number of ether oxygens (including phenoxy) is 5. The average Bonchev–Trinajstić information content (AvgIpc) is 2.80. The van der Waals surface area contributed by atoms with E-state index in [1.54, 1.807) is 7.11 Å². The minimum absolute atomic E-state index is 0.219. The van der Waals surface area contributed by atoms with E-state index in [0.29, 0.717) is 0 Å². The van der Waals surface area contributed by atoms with Crippen LogP contribution in [-0.2, 0) is 30.3 Å². The number of aliphatic hydroxyl groups excluding tert-OH is 1. The Bertz CT molecular complexity index is 860. The summed E-state index contributed by atoms with van der Waals surface area (Å²) in [6.07, 6.45) is -3.76. The summed E-state index contributed by atoms with van der Waals surface area (Å²) in [7, 11) is 1.60. The van der Waals surface area contributed by atoms with Crippen molar-refractivity contribution in [1.82, 2.24) is 5.32 Å². The van der Waals surface area contributed by atoms with E-state index in [-0.39, 0.29) is 19.1 Å². The molecule has 8 nitrogen and oxygen atoms in total. The van der Waals surface area contributed by atoms with Crippen molar-refractivity contribution in [1.29, 1.82) is 0 Å². The molecule has 2 aromatic rings. The monoisotopic (exact) mass is 429 g/mol. The van der Waals surface area contributed by atoms with Crippen LogP contribution < -0.4 is 10.1 Å². The highest BCUT2D eigenvalue weighted by molar-refractivity contribution is 5.73. The van der Waals surface area contributed by atoms with Gasteiger partial charge in [-0.3, -0.25) is 4.79 Å². The third-order valence-electron chi connectivity index (χ3n) is 5.38. The van der Waals surface area contributed by atoms with E-state index in [1.165, 1.54) is 6.92 Å². The fourth-order valence-electron chi connectivity index (χ4n) is 3.81. The number of hydrogen-bond donors (Lipinski definition) is 2. The molecule has 0 spiro atoms. The lowest BCUT2D eigenvalue weighted by molar-refractivity contribution is -0.345. The standard InChI is InChI=1S/C23H27NO7/c1-14(25)24-19-20(26)21-18(30-23(19)28-12-15-6-4-3-5-7-15)13-29-22(31-21)16-8-10-17(27-2)11-9-16/h3-11,18-23,26H,12-13H2,1-2H3,(H,24,25)/t18-,19-,20-,21-,22?,23-/m1/s1. The van der Waals surface area contributed by atoms with Gasteiger partial charge >= 0.3 is 0 Å². The number of carbonyl (C=O) groups is 1. The first-order chi connectivity index (χ1) is 15.0. The Balaban J connectivity index is 1.46. The van der Waals surface area contributed by atoms with Gasteiger partial charge in [0.25, 0.3) is 0 Å². The maximum absolute atomic E-state index is 11.8. The Morgan fingerprint density at radius 3 is 2.55 bits per heavy atom. The first kappa shape index (κ1) is 21.7. The number of fused-ring (bicyclic) bond motifs is 1. The van der Waals surface area contributed by atoms with Gasteiger partial charge in [-0.05, 0) is 17.7 Å². The predicted octanol–water partition coefficient (Wildman–Crippen LogP) is 1.92. The molecule has 8 heteroatoms. The smallest absolute Gasteiger partial charge is 0.217 e. The lowest BCUT2D eigenvalue weighted by Crippen LogP contribution is -2.66. The molecule has 1 unspecified atom stereocenters. The lowest BCUT2D eigenvalue weighted by Gasteiger charge is -2.47. The highest BCUT2D eigenvalue weighted by Crippen LogP contribution is 2.35. The van der Waals surface area contributed by atoms with E-state index < -0.39 is 36.9 Å². The second kappa shape index (κ2) is 9.76. The summed E-state index contributed by atoms with van der Waals surface area (Å²) in [5.74, 6) is 0.431. The largest absolute Gasteiger partial charge is 0.497 e. The first-order valence-electron chi connectivity index (χ1n) is 10.2. The molecule has 166 valence electrons. The Labute approximate surface area is 181 Å². The van der Waals surface area contributed by atoms with Crippen molar-refractivity contribution in [3.8, 4) is 5.75 Å². The number of nitrogens with one attached hydrogen (secondary N) is 1. The molecule has 6 atom stereocenters. The number of benzene rings is 2. The molecule has 31 heavy (non-hydrogen) atoms. The summed E-state index contributed by atoms with van der Waals surface area (Å²) in [5.41, 5.74) is 1.75. The molecule has 2 fully saturated rings. The van der Waals surface area contributed by atoms with E-state index in [9.17, 15) is 9.90 Å². The molecule has 2 aliphatic heterocycles. The summed E-state index contributed by atoms with van der Waals surface area (Å²) in [4.78, 5) is 11.8. The minimum Gasteiger partial charge on any atom is -0.497 e. The maximum Gasteiger partial charge on any atom is 0.217 e. The number of methoxy groups -OCH3 is 1. The van der Waals surface area contributed by atoms with Gasteiger partial charge in [-0.25, -0.2) is 0 Å². The topological polar surface area (TPSA) is 95.5 Å². The molecule has 4 rings (SSSR count). The summed E-state index contributed by atoms with van der Waals surface area (Å²) in [5, 5.41) is 13.8. The van der Waals surface area contributed by atoms with Crippen molar-refractivity contribution < 1.29 is 33.6 Å². The van der Waals surface area contributed by atoms with Crippen LogP contribution in [0, 0.1) is 0 Å². The van der Waals surface area contributed by atoms with Crippen LogP contribution >= 0.6 is 0 Å². The van der Waals surface area contributed by atoms with Crippen LogP contribution in [0.15, 0.2) is 54.6 Å². The second-order valence-electron chi connectivity index (χ2n) is 7.60. The van der Waals surface area contributed by atoms with Gasteiger partial charge < -0.3 is 34.1 Å². The molecular weight excluding hydrogens is 402 g/mol. The van der Waals surface area contributed by atoms with E-state index >= 15 is 0 Å². The first-order valence-corrected chi connectivity index (χ1v) is 10.2. The van der Waals surface area contributed by atoms with E-state index in [4.69, 9.17) is 23.7 Å². The zero-order chi connectivity index (χ0) is 21.8. The number of aliphatic hydroxyl groups is 1. The van der Waals surface area contributed by atoms with Crippen molar-refractivity contribution in [2.24, 2.45) is 0 Å². The molecule has 2 aliphatic rings. The van der Waals surface area contributed by atoms with Gasteiger partial charge in [0.15, 0.2) is 12.6 Å². The molecule has 0 saturated carbocycles. The van der Waals surface area contributed by atoms with Crippen LogP contribution in [0.25, 0.3) is 0 Å². The van der Waals surface area contributed by atoms with Crippen molar-refractivity contribution in [3.63, 3.8) is 0 Å². The van der Waals surface area contributed by atoms with E-state index in [0.717, 1.165) is 16.9 Å². The third kappa shape index (κ3) is 5.06. The molecule has 2 N–H and O–H groups in total. The third-order valence-corrected chi connectivity index (χ3v) is 5.38. The molecule has 0 aliphatic carbocycles. The zero-order valence-corrected chi connectivity index (χ0v) is 17.5. The highest BCUT2D eigenvalue weighted by atomic mass is 16.7. The summed E-state index contributed by atoms with van der Waals surface area (Å²) >= 11 is 0. The van der Waals surface area contributed by atoms with E-state index in [1.807, 2.05) is 54.6 Å². The Kier molecular flexibility index (Phi) is 6.84. The molecule has 0 aromatic heterocycles. The van der Waals surface area contributed by atoms with Crippen molar-refractivity contribution in [2.45, 2.75) is 50.5 Å². The summed E-state index contributed by atoms with van der Waals surface area (Å²) < 4.78 is 29.0. The van der Waals surface area contributed by atoms with Gasteiger partial charge in [0, 0.05) is 12.5 Å². The molecular formula is C23H27NO7. The van der Waals surface area contributed by atoms with Gasteiger partial charge in [-0.1, -0.05) is 42.5 Å². The van der Waals surface area contributed by atoms with Gasteiger partial charge in [0.05, 0.1) is 20.3 Å². The Morgan fingerprint density at radius 2 is 1.87 bits per heavy atom. The van der Waals surface area contributed by atoms with Crippen LogP contribution in [0.4, 0.5) is 0 Å². The normalized spacial score (nSPS) is 30.3. The fourth-order valence-corrected chi connectivity index (χ4v) is 3.81. The maximum atomic E-state index is 11.8. The molecule has 2 aromatic carbocycles. The van der Waals surface area contributed by atoms with Gasteiger partial charge in [0.2, 0.25) is 5.91 Å². The quantitative estimate of drug-likeness (QED) is 0.724. The van der Waals surface area contributed by atoms with Crippen LogP contribution in [0.3, 0.4) is 0 Å². The minimum atomic E-state index is -1.03. The van der Waals surface area contributed by atoms with Gasteiger partial charge in [0.1, 0.15) is 30.1 Å². The summed E-state index contributed by atoms with van der Waals surface area (Å²) in [6, 6.07) is 16.2. The SMILES string of the molecule is COc1ccc(C2OC[C@H]3O[C@@H](OCc4ccccc4)[C@H](NC(C)=O)[C@@H](O)[C@@H]3O2)cc1. The lowest BCUT2D eigenvalue weighted by atomic mass is 9.95. The van der Waals surface area contributed by atoms with Crippen molar-refractivity contribution in [2.75, 3.05) is 13.7 Å². The number of hydrogen-bond acceptors (Lipinski definition) is 7. The molecule has 0 bridgehead atoms. The summed E-state index contributed by atoms with van der Waals surface area (Å²) in [6.45, 7) is 1.89. The number of rotatable bonds is 6. The molecule has 2 heterocycles. The van der Waals surface area contributed by atoms with Gasteiger partial charge in [-0.2, -0.15) is 0 Å². The number of amides is 1. The highest BCUT2D eigenvalue weighted by Gasteiger charge is 2.50. The zero-order valence-electron chi connectivity index (χ0n) is 17.5. The van der Waals surface area contributed by atoms with Crippen LogP contribution in [-0.4, -0.2) is 55.4 Å². The van der Waals surface area contributed by atoms with Crippen LogP contribution in [0.1, 0.15) is 24.3 Å². The number of carbonyl (C=O) groups excluding carboxylic acids is 1. The van der Waals surface area contributed by atoms with Crippen LogP contribution in [0.5, 0.6) is 5.75 Å². The van der Waals surface area contributed by atoms with Crippen molar-refractivity contribution >= 4 is 5.91 Å². The van der Waals surface area contributed by atoms with E-state index in [2.05, 4.69) is 5.32 Å². The second-order valence-corrected chi connectivity index (χ2v) is 7.60. The average molecular weight is 429 g/mol. The van der Waals surface area contributed by atoms with Crippen LogP contribution in [0.2, 0.25) is 0 Å². The molecule has 2 saturated heterocycles. The Hall–Kier alpha value is -2.49. The molecule has 1 amide bonds. The fraction of sp³-hybridized carbons (Fsp3) is 0.435. The van der Waals surface area contributed by atoms with Gasteiger partial charge in [-0.15, -0.1) is 0 Å². The predicted molar refractivity (Wildman–Crippen MR) is 110 cm³/mol. The Morgan fingerprint density at radius 1 is 1.13 bits per heavy atom. The van der Waals surface area contributed by atoms with Crippen molar-refractivity contribution in [3.05, 3.63) is 65.7 Å².